The van der Waals surface area contributed by atoms with Gasteiger partial charge in [0.05, 0.1) is 0 Å². The highest BCUT2D eigenvalue weighted by molar-refractivity contribution is 6.02. The van der Waals surface area contributed by atoms with Gasteiger partial charge in [-0.3, -0.25) is 9.69 Å². The van der Waals surface area contributed by atoms with Crippen LogP contribution in [0.2, 0.25) is 0 Å². The van der Waals surface area contributed by atoms with E-state index in [9.17, 15) is 4.79 Å². The average molecular weight is 325 g/mol. The number of nitrogens with one attached hydrogen (secondary N) is 2. The molecule has 24 heavy (non-hydrogen) atoms. The molecule has 1 amide bonds. The lowest BCUT2D eigenvalue weighted by Crippen LogP contribution is -2.46. The van der Waals surface area contributed by atoms with Gasteiger partial charge in [-0.2, -0.15) is 0 Å². The maximum Gasteiger partial charge on any atom is 0.276 e. The van der Waals surface area contributed by atoms with Gasteiger partial charge in [0.15, 0.2) is 5.69 Å². The van der Waals surface area contributed by atoms with E-state index < -0.39 is 0 Å². The lowest BCUT2D eigenvalue weighted by molar-refractivity contribution is 0.102. The molecule has 2 heterocycles. The van der Waals surface area contributed by atoms with Gasteiger partial charge >= 0.3 is 0 Å². The van der Waals surface area contributed by atoms with Gasteiger partial charge in [-0.05, 0) is 51.6 Å². The van der Waals surface area contributed by atoms with Gasteiger partial charge in [0.2, 0.25) is 0 Å². The maximum absolute atomic E-state index is 12.2. The number of aromatic nitrogens is 2. The van der Waals surface area contributed by atoms with Crippen LogP contribution in [0.15, 0.2) is 42.5 Å². The largest absolute Gasteiger partial charge is 0.364 e. The van der Waals surface area contributed by atoms with Crippen LogP contribution in [0.1, 0.15) is 30.8 Å². The van der Waals surface area contributed by atoms with Crippen molar-refractivity contribution in [2.45, 2.75) is 31.8 Å². The third kappa shape index (κ3) is 3.38. The summed E-state index contributed by atoms with van der Waals surface area (Å²) in [5.41, 5.74) is 1.10. The molecule has 1 atom stereocenters. The number of likely N-dealkylation sites (N-methyl/N-ethyl adjacent to an activating group) is 1. The Balaban J connectivity index is 1.64. The summed E-state index contributed by atoms with van der Waals surface area (Å²) in [6.07, 6.45) is 1.06. The van der Waals surface area contributed by atoms with Crippen LogP contribution in [0, 0.1) is 0 Å². The zero-order valence-corrected chi connectivity index (χ0v) is 14.3. The number of carbonyl (C=O) groups excluding carboxylic acids is 1. The molecule has 0 saturated carbocycles. The van der Waals surface area contributed by atoms with Crippen molar-refractivity contribution in [3.8, 4) is 0 Å². The van der Waals surface area contributed by atoms with Crippen LogP contribution in [0.3, 0.4) is 0 Å². The molecule has 2 N–H and O–H groups in total. The molecule has 6 nitrogen and oxygen atoms in total. The molecule has 1 aliphatic heterocycles. The zero-order chi connectivity index (χ0) is 17.2. The fraction of sp³-hybridized carbons (Fsp3) is 0.389. The molecular formula is C18H23N5O. The van der Waals surface area contributed by atoms with Crippen molar-refractivity contribution in [3.63, 3.8) is 0 Å². The average Bonchev–Trinajstić information content (AvgIpc) is 2.83. The number of nitrogens with zero attached hydrogens (tertiary/aromatic N) is 3. The number of benzene rings is 1. The number of rotatable bonds is 4. The minimum Gasteiger partial charge on any atom is -0.364 e. The van der Waals surface area contributed by atoms with Crippen molar-refractivity contribution >= 4 is 17.4 Å². The van der Waals surface area contributed by atoms with Gasteiger partial charge in [-0.25, -0.2) is 0 Å². The first kappa shape index (κ1) is 16.4. The van der Waals surface area contributed by atoms with Crippen molar-refractivity contribution in [2.24, 2.45) is 0 Å². The van der Waals surface area contributed by atoms with Crippen LogP contribution in [0.5, 0.6) is 0 Å². The fourth-order valence-electron chi connectivity index (χ4n) is 2.90. The molecule has 1 aliphatic rings. The Hall–Kier alpha value is -2.47. The minimum atomic E-state index is -0.263. The second-order valence-corrected chi connectivity index (χ2v) is 6.68. The first-order chi connectivity index (χ1) is 11.5. The normalized spacial score (nSPS) is 19.9. The number of para-hydroxylation sites is 1. The summed E-state index contributed by atoms with van der Waals surface area (Å²) < 4.78 is 0. The van der Waals surface area contributed by atoms with E-state index in [1.807, 2.05) is 30.3 Å². The first-order valence-corrected chi connectivity index (χ1v) is 8.15. The van der Waals surface area contributed by atoms with Crippen molar-refractivity contribution < 1.29 is 4.79 Å². The number of amides is 1. The second kappa shape index (κ2) is 6.57. The van der Waals surface area contributed by atoms with Gasteiger partial charge in [-0.1, -0.05) is 18.2 Å². The summed E-state index contributed by atoms with van der Waals surface area (Å²) in [7, 11) is 2.13. The SMILES string of the molecule is CN1CCC(Nc2ccc(C(=O)Nc3ccccc3)nn2)C1(C)C. The van der Waals surface area contributed by atoms with E-state index in [-0.39, 0.29) is 11.4 Å². The highest BCUT2D eigenvalue weighted by Crippen LogP contribution is 2.29. The molecule has 1 saturated heterocycles. The molecule has 2 aromatic rings. The van der Waals surface area contributed by atoms with E-state index in [0.717, 1.165) is 18.7 Å². The topological polar surface area (TPSA) is 70.2 Å². The molecule has 0 bridgehead atoms. The first-order valence-electron chi connectivity index (χ1n) is 8.15. The molecule has 1 fully saturated rings. The Kier molecular flexibility index (Phi) is 4.49. The molecule has 0 spiro atoms. The molecule has 0 radical (unpaired) electrons. The number of anilines is 2. The predicted molar refractivity (Wildman–Crippen MR) is 95.2 cm³/mol. The number of hydrogen-bond acceptors (Lipinski definition) is 5. The molecule has 1 aromatic heterocycles. The fourth-order valence-corrected chi connectivity index (χ4v) is 2.90. The molecular weight excluding hydrogens is 302 g/mol. The number of hydrogen-bond donors (Lipinski definition) is 2. The summed E-state index contributed by atoms with van der Waals surface area (Å²) in [4.78, 5) is 14.5. The highest BCUT2D eigenvalue weighted by Gasteiger charge is 2.39. The summed E-state index contributed by atoms with van der Waals surface area (Å²) >= 11 is 0. The van der Waals surface area contributed by atoms with E-state index in [1.54, 1.807) is 12.1 Å². The van der Waals surface area contributed by atoms with Gasteiger partial charge < -0.3 is 10.6 Å². The van der Waals surface area contributed by atoms with Crippen molar-refractivity contribution in [2.75, 3.05) is 24.2 Å². The monoisotopic (exact) mass is 325 g/mol. The Bertz CT molecular complexity index is 699. The maximum atomic E-state index is 12.2. The number of likely N-dealkylation sites (tertiary alicyclic amines) is 1. The summed E-state index contributed by atoms with van der Waals surface area (Å²) in [6.45, 7) is 5.48. The van der Waals surface area contributed by atoms with E-state index in [4.69, 9.17) is 0 Å². The molecule has 1 aromatic carbocycles. The van der Waals surface area contributed by atoms with Crippen molar-refractivity contribution in [3.05, 3.63) is 48.2 Å². The minimum absolute atomic E-state index is 0.0606. The van der Waals surface area contributed by atoms with E-state index >= 15 is 0 Å². The molecule has 126 valence electrons. The predicted octanol–water partition coefficient (Wildman–Crippen LogP) is 2.62. The quantitative estimate of drug-likeness (QED) is 0.904. The van der Waals surface area contributed by atoms with Crippen molar-refractivity contribution in [1.29, 1.82) is 0 Å². The smallest absolute Gasteiger partial charge is 0.276 e. The molecule has 0 aliphatic carbocycles. The van der Waals surface area contributed by atoms with Crippen molar-refractivity contribution in [1.82, 2.24) is 15.1 Å². The Morgan fingerprint density at radius 2 is 1.92 bits per heavy atom. The Morgan fingerprint density at radius 3 is 2.50 bits per heavy atom. The van der Waals surface area contributed by atoms with Crippen LogP contribution in [0.25, 0.3) is 0 Å². The summed E-state index contributed by atoms with van der Waals surface area (Å²) in [5.74, 6) is 0.431. The van der Waals surface area contributed by atoms with E-state index in [2.05, 4.69) is 46.6 Å². The van der Waals surface area contributed by atoms with Gasteiger partial charge in [0.25, 0.3) is 5.91 Å². The zero-order valence-electron chi connectivity index (χ0n) is 14.3. The Morgan fingerprint density at radius 1 is 1.17 bits per heavy atom. The number of carbonyl (C=O) groups is 1. The van der Waals surface area contributed by atoms with Crippen LogP contribution in [0.4, 0.5) is 11.5 Å². The standard InChI is InChI=1S/C18H23N5O/c1-18(2)15(11-12-23(18)3)20-16-10-9-14(21-22-16)17(24)19-13-7-5-4-6-8-13/h4-10,15H,11-12H2,1-3H3,(H,19,24)(H,20,22). The molecule has 1 unspecified atom stereocenters. The van der Waals surface area contributed by atoms with Crippen LogP contribution in [-0.2, 0) is 0 Å². The second-order valence-electron chi connectivity index (χ2n) is 6.68. The lowest BCUT2D eigenvalue weighted by Gasteiger charge is -2.33. The molecule has 6 heteroatoms. The van der Waals surface area contributed by atoms with Crippen LogP contribution in [-0.4, -0.2) is 46.2 Å². The third-order valence-electron chi connectivity index (χ3n) is 4.84. The van der Waals surface area contributed by atoms with Gasteiger partial charge in [-0.15, -0.1) is 10.2 Å². The van der Waals surface area contributed by atoms with Gasteiger partial charge in [0, 0.05) is 23.8 Å². The Labute approximate surface area is 142 Å². The van der Waals surface area contributed by atoms with Crippen LogP contribution >= 0.6 is 0 Å². The third-order valence-corrected chi connectivity index (χ3v) is 4.84. The lowest BCUT2D eigenvalue weighted by atomic mass is 9.96. The van der Waals surface area contributed by atoms with E-state index in [1.165, 1.54) is 0 Å². The van der Waals surface area contributed by atoms with Gasteiger partial charge in [0.1, 0.15) is 5.82 Å². The summed E-state index contributed by atoms with van der Waals surface area (Å²) in [5, 5.41) is 14.4. The molecule has 3 rings (SSSR count). The summed E-state index contributed by atoms with van der Waals surface area (Å²) in [6, 6.07) is 13.1. The highest BCUT2D eigenvalue weighted by atomic mass is 16.1. The van der Waals surface area contributed by atoms with Crippen LogP contribution < -0.4 is 10.6 Å². The van der Waals surface area contributed by atoms with E-state index in [0.29, 0.717) is 17.6 Å².